The minimum atomic E-state index is -4.39. The molecule has 0 saturated carbocycles. The number of rotatable bonds is 5. The first-order valence-electron chi connectivity index (χ1n) is 7.44. The predicted molar refractivity (Wildman–Crippen MR) is 80.1 cm³/mol. The molecule has 0 fully saturated rings. The first-order valence-corrected chi connectivity index (χ1v) is 7.44. The molecule has 22 heavy (non-hydrogen) atoms. The molecular weight excluding hydrogens is 293 g/mol. The van der Waals surface area contributed by atoms with E-state index in [9.17, 15) is 18.0 Å². The maximum absolute atomic E-state index is 12.6. The number of ether oxygens (including phenoxy) is 1. The number of para-hydroxylation sites is 1. The minimum Gasteiger partial charge on any atom is -0.426 e. The van der Waals surface area contributed by atoms with Crippen molar-refractivity contribution in [2.75, 3.05) is 0 Å². The number of alkyl halides is 3. The Morgan fingerprint density at radius 2 is 1.50 bits per heavy atom. The van der Waals surface area contributed by atoms with E-state index in [0.29, 0.717) is 5.75 Å². The summed E-state index contributed by atoms with van der Waals surface area (Å²) in [4.78, 5) is 11.9. The fraction of sp³-hybridized carbons (Fsp3) is 0.588. The highest BCUT2D eigenvalue weighted by atomic mass is 19.4. The number of esters is 1. The molecule has 2 nitrogen and oxygen atoms in total. The lowest BCUT2D eigenvalue weighted by Gasteiger charge is -2.20. The number of benzene rings is 1. The molecule has 0 unspecified atom stereocenters. The zero-order chi connectivity index (χ0) is 17.1. The van der Waals surface area contributed by atoms with E-state index in [4.69, 9.17) is 4.74 Å². The molecule has 1 atom stereocenters. The molecule has 5 heteroatoms. The van der Waals surface area contributed by atoms with E-state index < -0.39 is 24.5 Å². The predicted octanol–water partition coefficient (Wildman–Crippen LogP) is 5.43. The lowest BCUT2D eigenvalue weighted by Crippen LogP contribution is -2.25. The van der Waals surface area contributed by atoms with Gasteiger partial charge in [0.15, 0.2) is 0 Å². The smallest absolute Gasteiger partial charge is 0.392 e. The van der Waals surface area contributed by atoms with Crippen LogP contribution >= 0.6 is 0 Å². The third-order valence-electron chi connectivity index (χ3n) is 3.57. The topological polar surface area (TPSA) is 26.3 Å². The van der Waals surface area contributed by atoms with Crippen LogP contribution in [0.1, 0.15) is 64.0 Å². The molecule has 1 rings (SSSR count). The van der Waals surface area contributed by atoms with Crippen LogP contribution in [0.15, 0.2) is 18.2 Å². The zero-order valence-electron chi connectivity index (χ0n) is 13.6. The summed E-state index contributed by atoms with van der Waals surface area (Å²) in [6, 6.07) is 5.55. The summed E-state index contributed by atoms with van der Waals surface area (Å²) in [7, 11) is 0. The highest BCUT2D eigenvalue weighted by molar-refractivity contribution is 5.74. The first kappa shape index (κ1) is 18.5. The molecule has 0 saturated heterocycles. The van der Waals surface area contributed by atoms with Gasteiger partial charge < -0.3 is 4.74 Å². The Labute approximate surface area is 129 Å². The minimum absolute atomic E-state index is 0.113. The van der Waals surface area contributed by atoms with Crippen LogP contribution in [0.25, 0.3) is 0 Å². The molecule has 0 aliphatic carbocycles. The van der Waals surface area contributed by atoms with Gasteiger partial charge in [-0.1, -0.05) is 52.8 Å². The van der Waals surface area contributed by atoms with E-state index >= 15 is 0 Å². The summed E-state index contributed by atoms with van der Waals surface area (Å²) in [5.74, 6) is -1.93. The average Bonchev–Trinajstić information content (AvgIpc) is 2.36. The highest BCUT2D eigenvalue weighted by Crippen LogP contribution is 2.35. The van der Waals surface area contributed by atoms with Gasteiger partial charge in [0.2, 0.25) is 0 Å². The van der Waals surface area contributed by atoms with Gasteiger partial charge in [-0.05, 0) is 23.0 Å². The Kier molecular flexibility index (Phi) is 6.03. The summed E-state index contributed by atoms with van der Waals surface area (Å²) >= 11 is 0. The molecule has 0 aliphatic rings. The van der Waals surface area contributed by atoms with Gasteiger partial charge in [0, 0.05) is 0 Å². The van der Waals surface area contributed by atoms with Crippen LogP contribution in [0.4, 0.5) is 13.2 Å². The number of carbonyl (C=O) groups is 1. The first-order chi connectivity index (χ1) is 10.0. The quantitative estimate of drug-likeness (QED) is 0.535. The fourth-order valence-electron chi connectivity index (χ4n) is 2.12. The van der Waals surface area contributed by atoms with Gasteiger partial charge in [-0.2, -0.15) is 13.2 Å². The maximum Gasteiger partial charge on any atom is 0.392 e. The standard InChI is InChI=1S/C17H23F3O2/c1-10(2)13-7-6-8-14(11(3)4)16(13)22-15(21)9-12(5)17(18,19)20/h6-8,10-12H,9H2,1-5H3/t12-/m1/s1. The van der Waals surface area contributed by atoms with Crippen LogP contribution in [0.2, 0.25) is 0 Å². The van der Waals surface area contributed by atoms with Crippen LogP contribution in [-0.4, -0.2) is 12.1 Å². The molecule has 0 aliphatic heterocycles. The van der Waals surface area contributed by atoms with E-state index in [0.717, 1.165) is 18.1 Å². The molecule has 0 spiro atoms. The summed E-state index contributed by atoms with van der Waals surface area (Å²) in [5.41, 5.74) is 1.67. The van der Waals surface area contributed by atoms with Crippen molar-refractivity contribution < 1.29 is 22.7 Å². The van der Waals surface area contributed by atoms with Crippen molar-refractivity contribution in [2.24, 2.45) is 5.92 Å². The molecule has 1 aromatic carbocycles. The zero-order valence-corrected chi connectivity index (χ0v) is 13.6. The van der Waals surface area contributed by atoms with E-state index in [1.54, 1.807) is 0 Å². The van der Waals surface area contributed by atoms with Crippen molar-refractivity contribution in [2.45, 2.75) is 59.1 Å². The SMILES string of the molecule is CC(C)c1cccc(C(C)C)c1OC(=O)C[C@@H](C)C(F)(F)F. The fourth-order valence-corrected chi connectivity index (χ4v) is 2.12. The van der Waals surface area contributed by atoms with E-state index in [1.807, 2.05) is 45.9 Å². The molecule has 124 valence electrons. The van der Waals surface area contributed by atoms with Crippen LogP contribution in [-0.2, 0) is 4.79 Å². The Bertz CT molecular complexity index is 493. The summed E-state index contributed by atoms with van der Waals surface area (Å²) in [6.45, 7) is 8.80. The second-order valence-electron chi connectivity index (χ2n) is 6.20. The van der Waals surface area contributed by atoms with Gasteiger partial charge in [0.1, 0.15) is 5.75 Å². The van der Waals surface area contributed by atoms with Crippen molar-refractivity contribution in [1.29, 1.82) is 0 Å². The number of hydrogen-bond donors (Lipinski definition) is 0. The third kappa shape index (κ3) is 4.75. The third-order valence-corrected chi connectivity index (χ3v) is 3.57. The van der Waals surface area contributed by atoms with Gasteiger partial charge >= 0.3 is 12.1 Å². The van der Waals surface area contributed by atoms with Gasteiger partial charge in [0.05, 0.1) is 12.3 Å². The summed E-state index contributed by atoms with van der Waals surface area (Å²) in [6.07, 6.45) is -5.06. The molecule has 0 bridgehead atoms. The van der Waals surface area contributed by atoms with Crippen LogP contribution in [0, 0.1) is 5.92 Å². The summed E-state index contributed by atoms with van der Waals surface area (Å²) < 4.78 is 43.0. The Hall–Kier alpha value is -1.52. The second-order valence-corrected chi connectivity index (χ2v) is 6.20. The lowest BCUT2D eigenvalue weighted by molar-refractivity contribution is -0.177. The molecule has 0 N–H and O–H groups in total. The average molecular weight is 316 g/mol. The largest absolute Gasteiger partial charge is 0.426 e. The monoisotopic (exact) mass is 316 g/mol. The molecule has 0 heterocycles. The number of halogens is 3. The molecule has 0 aromatic heterocycles. The maximum atomic E-state index is 12.6. The number of hydrogen-bond acceptors (Lipinski definition) is 2. The van der Waals surface area contributed by atoms with Crippen molar-refractivity contribution >= 4 is 5.97 Å². The molecule has 0 amide bonds. The van der Waals surface area contributed by atoms with Gasteiger partial charge in [-0.15, -0.1) is 0 Å². The normalized spacial score (nSPS) is 13.5. The number of carbonyl (C=O) groups excluding carboxylic acids is 1. The van der Waals surface area contributed by atoms with Crippen molar-refractivity contribution in [3.8, 4) is 5.75 Å². The highest BCUT2D eigenvalue weighted by Gasteiger charge is 2.37. The van der Waals surface area contributed by atoms with Crippen molar-refractivity contribution in [3.63, 3.8) is 0 Å². The molecule has 1 aromatic rings. The van der Waals surface area contributed by atoms with Gasteiger partial charge in [-0.3, -0.25) is 4.79 Å². The van der Waals surface area contributed by atoms with Crippen LogP contribution in [0.3, 0.4) is 0 Å². The Balaban J connectivity index is 3.03. The summed E-state index contributed by atoms with van der Waals surface area (Å²) in [5, 5.41) is 0. The lowest BCUT2D eigenvalue weighted by atomic mass is 9.94. The van der Waals surface area contributed by atoms with Crippen molar-refractivity contribution in [1.82, 2.24) is 0 Å². The van der Waals surface area contributed by atoms with E-state index in [2.05, 4.69) is 0 Å². The van der Waals surface area contributed by atoms with E-state index in [1.165, 1.54) is 0 Å². The van der Waals surface area contributed by atoms with E-state index in [-0.39, 0.29) is 11.8 Å². The van der Waals surface area contributed by atoms with Gasteiger partial charge in [0.25, 0.3) is 0 Å². The van der Waals surface area contributed by atoms with Crippen molar-refractivity contribution in [3.05, 3.63) is 29.3 Å². The Morgan fingerprint density at radius 3 is 1.86 bits per heavy atom. The van der Waals surface area contributed by atoms with Gasteiger partial charge in [-0.25, -0.2) is 0 Å². The van der Waals surface area contributed by atoms with Crippen LogP contribution in [0.5, 0.6) is 5.75 Å². The molecular formula is C17H23F3O2. The van der Waals surface area contributed by atoms with Crippen LogP contribution < -0.4 is 4.74 Å². The Morgan fingerprint density at radius 1 is 1.05 bits per heavy atom. The molecule has 0 radical (unpaired) electrons. The second kappa shape index (κ2) is 7.16.